The molecule has 3 aromatic heterocycles. The van der Waals surface area contributed by atoms with Crippen molar-refractivity contribution in [1.82, 2.24) is 34.3 Å². The number of piperazine rings is 1. The number of rotatable bonds is 6. The first-order chi connectivity index (χ1) is 18.4. The van der Waals surface area contributed by atoms with Gasteiger partial charge in [-0.3, -0.25) is 4.90 Å². The third kappa shape index (κ3) is 4.69. The van der Waals surface area contributed by atoms with Gasteiger partial charge in [0.05, 0.1) is 17.8 Å². The van der Waals surface area contributed by atoms with Crippen LogP contribution in [-0.2, 0) is 13.0 Å². The van der Waals surface area contributed by atoms with Gasteiger partial charge >= 0.3 is 0 Å². The Bertz CT molecular complexity index is 1460. The van der Waals surface area contributed by atoms with E-state index in [4.69, 9.17) is 0 Å². The molecule has 4 aromatic rings. The molecule has 6 rings (SSSR count). The number of hydrogen-bond donors (Lipinski definition) is 1. The maximum atomic E-state index is 15.0. The molecule has 0 bridgehead atoms. The number of nitrogens with one attached hydrogen (secondary N) is 1. The smallest absolute Gasteiger partial charge is 0.259 e. The molecule has 0 aliphatic carbocycles. The zero-order valence-electron chi connectivity index (χ0n) is 20.7. The van der Waals surface area contributed by atoms with E-state index in [-0.39, 0.29) is 34.7 Å². The molecule has 1 aromatic carbocycles. The summed E-state index contributed by atoms with van der Waals surface area (Å²) in [6.07, 6.45) is 0.687. The highest BCUT2D eigenvalue weighted by Gasteiger charge is 2.33. The number of alkyl halides is 2. The molecule has 1 saturated heterocycles. The van der Waals surface area contributed by atoms with Gasteiger partial charge in [-0.1, -0.05) is 6.07 Å². The fraction of sp³-hybridized carbons (Fsp3) is 0.385. The highest BCUT2D eigenvalue weighted by Crippen LogP contribution is 2.37. The number of benzene rings is 1. The van der Waals surface area contributed by atoms with E-state index in [1.54, 1.807) is 12.3 Å². The van der Waals surface area contributed by atoms with Crippen molar-refractivity contribution >= 4 is 22.8 Å². The van der Waals surface area contributed by atoms with Gasteiger partial charge < -0.3 is 14.8 Å². The normalized spacial score (nSPS) is 18.4. The molecule has 0 spiro atoms. The van der Waals surface area contributed by atoms with E-state index in [2.05, 4.69) is 42.1 Å². The Morgan fingerprint density at radius 1 is 1.00 bits per heavy atom. The van der Waals surface area contributed by atoms with Crippen LogP contribution in [0.2, 0.25) is 0 Å². The van der Waals surface area contributed by atoms with E-state index < -0.39 is 24.1 Å². The van der Waals surface area contributed by atoms with Crippen molar-refractivity contribution in [2.24, 2.45) is 0 Å². The lowest BCUT2D eigenvalue weighted by molar-refractivity contribution is 0.0883. The Hall–Kier alpha value is -3.64. The third-order valence-electron chi connectivity index (χ3n) is 7.19. The summed E-state index contributed by atoms with van der Waals surface area (Å²) in [5, 5.41) is 2.96. The van der Waals surface area contributed by atoms with Crippen molar-refractivity contribution in [2.75, 3.05) is 38.5 Å². The van der Waals surface area contributed by atoms with E-state index in [1.165, 1.54) is 10.6 Å². The molecule has 5 heterocycles. The Morgan fingerprint density at radius 3 is 2.55 bits per heavy atom. The number of fused-ring (bicyclic) bond motifs is 3. The molecule has 38 heavy (non-hydrogen) atoms. The SMILES string of the molecule is CN1CCN(Cc2ccc(Nc3ncc(F)c(-c4cc(F)c5nc6n(c5c4)[C@@H](C(F)F)CC6)n3)nc2)CC1. The van der Waals surface area contributed by atoms with E-state index in [1.807, 2.05) is 6.07 Å². The Morgan fingerprint density at radius 2 is 1.82 bits per heavy atom. The second-order valence-electron chi connectivity index (χ2n) is 9.81. The summed E-state index contributed by atoms with van der Waals surface area (Å²) in [6, 6.07) is 5.23. The number of aryl methyl sites for hydroxylation is 1. The average molecular weight is 527 g/mol. The van der Waals surface area contributed by atoms with Crippen LogP contribution in [0.4, 0.5) is 29.3 Å². The second kappa shape index (κ2) is 9.91. The monoisotopic (exact) mass is 526 g/mol. The van der Waals surface area contributed by atoms with E-state index in [0.29, 0.717) is 18.1 Å². The lowest BCUT2D eigenvalue weighted by Crippen LogP contribution is -2.43. The lowest BCUT2D eigenvalue weighted by Gasteiger charge is -2.32. The predicted molar refractivity (Wildman–Crippen MR) is 134 cm³/mol. The molecule has 2 aliphatic heterocycles. The lowest BCUT2D eigenvalue weighted by atomic mass is 10.1. The quantitative estimate of drug-likeness (QED) is 0.373. The average Bonchev–Trinajstić information content (AvgIpc) is 3.48. The van der Waals surface area contributed by atoms with Crippen molar-refractivity contribution in [2.45, 2.75) is 31.9 Å². The molecule has 8 nitrogen and oxygen atoms in total. The predicted octanol–water partition coefficient (Wildman–Crippen LogP) is 4.41. The fourth-order valence-electron chi connectivity index (χ4n) is 5.13. The number of pyridine rings is 1. The van der Waals surface area contributed by atoms with E-state index >= 15 is 0 Å². The summed E-state index contributed by atoms with van der Waals surface area (Å²) in [4.78, 5) is 21.5. The first-order valence-electron chi connectivity index (χ1n) is 12.5. The molecule has 1 fully saturated rings. The third-order valence-corrected chi connectivity index (χ3v) is 7.19. The summed E-state index contributed by atoms with van der Waals surface area (Å²) in [7, 11) is 2.11. The number of anilines is 2. The fourth-order valence-corrected chi connectivity index (χ4v) is 5.13. The van der Waals surface area contributed by atoms with Gasteiger partial charge in [0.15, 0.2) is 11.6 Å². The van der Waals surface area contributed by atoms with Crippen LogP contribution in [0.15, 0.2) is 36.7 Å². The number of aromatic nitrogens is 5. The van der Waals surface area contributed by atoms with Gasteiger partial charge in [0.2, 0.25) is 5.95 Å². The van der Waals surface area contributed by atoms with Crippen molar-refractivity contribution < 1.29 is 17.6 Å². The molecular weight excluding hydrogens is 500 g/mol. The van der Waals surface area contributed by atoms with Gasteiger partial charge in [0.25, 0.3) is 6.43 Å². The number of hydrogen-bond acceptors (Lipinski definition) is 7. The minimum Gasteiger partial charge on any atom is -0.319 e. The van der Waals surface area contributed by atoms with E-state index in [9.17, 15) is 17.6 Å². The van der Waals surface area contributed by atoms with Gasteiger partial charge in [0, 0.05) is 50.9 Å². The number of imidazole rings is 1. The van der Waals surface area contributed by atoms with Crippen LogP contribution >= 0.6 is 0 Å². The van der Waals surface area contributed by atoms with Crippen LogP contribution in [0.3, 0.4) is 0 Å². The Kier molecular flexibility index (Phi) is 6.44. The van der Waals surface area contributed by atoms with Gasteiger partial charge in [-0.15, -0.1) is 0 Å². The number of halogens is 4. The van der Waals surface area contributed by atoms with Gasteiger partial charge in [-0.05, 0) is 37.2 Å². The van der Waals surface area contributed by atoms with Crippen LogP contribution in [0.1, 0.15) is 23.9 Å². The molecule has 0 unspecified atom stereocenters. The molecule has 1 N–H and O–H groups in total. The number of nitrogens with zero attached hydrogens (tertiary/aromatic N) is 7. The topological polar surface area (TPSA) is 75.0 Å². The molecule has 0 radical (unpaired) electrons. The summed E-state index contributed by atoms with van der Waals surface area (Å²) in [5.41, 5.74) is 1.21. The van der Waals surface area contributed by atoms with Crippen LogP contribution in [-0.4, -0.2) is 74.0 Å². The summed E-state index contributed by atoms with van der Waals surface area (Å²) in [5.74, 6) is -0.548. The van der Waals surface area contributed by atoms with Crippen LogP contribution < -0.4 is 5.32 Å². The maximum absolute atomic E-state index is 15.0. The highest BCUT2D eigenvalue weighted by atomic mass is 19.3. The molecule has 198 valence electrons. The summed E-state index contributed by atoms with van der Waals surface area (Å²) in [6.45, 7) is 4.87. The van der Waals surface area contributed by atoms with Gasteiger partial charge in [-0.25, -0.2) is 37.5 Å². The summed E-state index contributed by atoms with van der Waals surface area (Å²) < 4.78 is 58.3. The zero-order valence-corrected chi connectivity index (χ0v) is 20.7. The maximum Gasteiger partial charge on any atom is 0.259 e. The molecule has 0 saturated carbocycles. The number of likely N-dealkylation sites (N-methyl/N-ethyl adjacent to an activating group) is 1. The summed E-state index contributed by atoms with van der Waals surface area (Å²) >= 11 is 0. The van der Waals surface area contributed by atoms with Crippen LogP contribution in [0, 0.1) is 11.6 Å². The molecule has 1 atom stereocenters. The molecule has 2 aliphatic rings. The van der Waals surface area contributed by atoms with E-state index in [0.717, 1.165) is 50.6 Å². The second-order valence-corrected chi connectivity index (χ2v) is 9.81. The van der Waals surface area contributed by atoms with Crippen molar-refractivity contribution in [3.05, 3.63) is 59.7 Å². The van der Waals surface area contributed by atoms with Gasteiger partial charge in [-0.2, -0.15) is 0 Å². The Labute approximate surface area is 216 Å². The molecule has 12 heteroatoms. The Balaban J connectivity index is 1.24. The first kappa shape index (κ1) is 24.7. The van der Waals surface area contributed by atoms with Crippen LogP contribution in [0.5, 0.6) is 0 Å². The zero-order chi connectivity index (χ0) is 26.4. The minimum atomic E-state index is -2.62. The molecule has 0 amide bonds. The highest BCUT2D eigenvalue weighted by molar-refractivity contribution is 5.83. The largest absolute Gasteiger partial charge is 0.319 e. The van der Waals surface area contributed by atoms with Crippen molar-refractivity contribution in [3.8, 4) is 11.3 Å². The van der Waals surface area contributed by atoms with Crippen molar-refractivity contribution in [1.29, 1.82) is 0 Å². The molecular formula is C26H26F4N8. The minimum absolute atomic E-state index is 0.0113. The van der Waals surface area contributed by atoms with Crippen molar-refractivity contribution in [3.63, 3.8) is 0 Å². The van der Waals surface area contributed by atoms with Gasteiger partial charge in [0.1, 0.15) is 22.9 Å². The first-order valence-corrected chi connectivity index (χ1v) is 12.5. The van der Waals surface area contributed by atoms with Crippen LogP contribution in [0.25, 0.3) is 22.3 Å². The standard InChI is InChI=1S/C26H26F4N8/c1-36-6-8-37(9-7-36)14-15-2-4-21(31-12-15)33-26-32-13-18(28)23(35-26)16-10-17(27)24-20(11-16)38-19(25(29)30)3-5-22(38)34-24/h2,4,10-13,19,25H,3,5-9,14H2,1H3,(H,31,32,33,35)/t19-/m1/s1.